The molecule has 0 bridgehead atoms. The number of rotatable bonds is 2. The van der Waals surface area contributed by atoms with E-state index in [1.807, 2.05) is 42.5 Å². The summed E-state index contributed by atoms with van der Waals surface area (Å²) in [6.07, 6.45) is 1.51. The molecule has 0 N–H and O–H groups in total. The Morgan fingerprint density at radius 1 is 1.19 bits per heavy atom. The molecule has 0 aliphatic carbocycles. The van der Waals surface area contributed by atoms with Crippen LogP contribution in [0.2, 0.25) is 5.02 Å². The van der Waals surface area contributed by atoms with Crippen LogP contribution in [0.5, 0.6) is 0 Å². The summed E-state index contributed by atoms with van der Waals surface area (Å²) in [6, 6.07) is 15.2. The standard InChI is InChI=1S/C17H13ClN2O/c1-2-20-15-9-8-13(18)10-14(15)17(19-11-16(20)21)12-6-4-3-5-7-12/h2-10H,1,11H2. The molecule has 0 radical (unpaired) electrons. The van der Waals surface area contributed by atoms with E-state index in [1.54, 1.807) is 6.07 Å². The van der Waals surface area contributed by atoms with Crippen LogP contribution in [0, 0.1) is 0 Å². The topological polar surface area (TPSA) is 32.7 Å². The Balaban J connectivity index is 2.24. The summed E-state index contributed by atoms with van der Waals surface area (Å²) in [5.41, 5.74) is 3.31. The lowest BCUT2D eigenvalue weighted by Gasteiger charge is -2.18. The smallest absolute Gasteiger partial charge is 0.252 e. The van der Waals surface area contributed by atoms with Crippen LogP contribution in [0.1, 0.15) is 11.1 Å². The van der Waals surface area contributed by atoms with Gasteiger partial charge in [0.15, 0.2) is 0 Å². The van der Waals surface area contributed by atoms with Crippen molar-refractivity contribution in [3.05, 3.63) is 77.5 Å². The summed E-state index contributed by atoms with van der Waals surface area (Å²) in [5.74, 6) is -0.112. The van der Waals surface area contributed by atoms with Gasteiger partial charge in [-0.15, -0.1) is 0 Å². The Labute approximate surface area is 128 Å². The van der Waals surface area contributed by atoms with Crippen molar-refractivity contribution in [1.29, 1.82) is 0 Å². The van der Waals surface area contributed by atoms with Crippen molar-refractivity contribution in [3.8, 4) is 0 Å². The van der Waals surface area contributed by atoms with Crippen molar-refractivity contribution < 1.29 is 4.79 Å². The molecule has 104 valence electrons. The van der Waals surface area contributed by atoms with E-state index in [0.717, 1.165) is 22.5 Å². The normalized spacial score (nSPS) is 14.2. The zero-order valence-electron chi connectivity index (χ0n) is 11.3. The van der Waals surface area contributed by atoms with E-state index in [1.165, 1.54) is 11.1 Å². The van der Waals surface area contributed by atoms with Gasteiger partial charge in [-0.3, -0.25) is 14.7 Å². The highest BCUT2D eigenvalue weighted by molar-refractivity contribution is 6.32. The maximum atomic E-state index is 12.2. The number of amides is 1. The van der Waals surface area contributed by atoms with Gasteiger partial charge in [0.25, 0.3) is 5.91 Å². The summed E-state index contributed by atoms with van der Waals surface area (Å²) < 4.78 is 0. The van der Waals surface area contributed by atoms with E-state index < -0.39 is 0 Å². The average molecular weight is 297 g/mol. The number of hydrogen-bond acceptors (Lipinski definition) is 2. The third-order valence-electron chi connectivity index (χ3n) is 3.34. The number of aliphatic imine (C=N–C) groups is 1. The van der Waals surface area contributed by atoms with Gasteiger partial charge in [0, 0.05) is 22.3 Å². The summed E-state index contributed by atoms with van der Waals surface area (Å²) in [4.78, 5) is 18.2. The second-order valence-electron chi connectivity index (χ2n) is 4.64. The molecule has 0 saturated carbocycles. The highest BCUT2D eigenvalue weighted by Crippen LogP contribution is 2.29. The number of anilines is 1. The molecule has 3 rings (SSSR count). The average Bonchev–Trinajstić information content (AvgIpc) is 2.64. The van der Waals surface area contributed by atoms with E-state index in [4.69, 9.17) is 11.6 Å². The zero-order chi connectivity index (χ0) is 14.8. The Morgan fingerprint density at radius 2 is 1.95 bits per heavy atom. The lowest BCUT2D eigenvalue weighted by atomic mass is 10.0. The maximum Gasteiger partial charge on any atom is 0.252 e. The Kier molecular flexibility index (Phi) is 3.59. The molecule has 2 aromatic carbocycles. The van der Waals surface area contributed by atoms with Gasteiger partial charge in [-0.25, -0.2) is 0 Å². The number of nitrogens with zero attached hydrogens (tertiary/aromatic N) is 2. The highest BCUT2D eigenvalue weighted by atomic mass is 35.5. The lowest BCUT2D eigenvalue weighted by molar-refractivity contribution is -0.116. The lowest BCUT2D eigenvalue weighted by Crippen LogP contribution is -2.26. The molecular formula is C17H13ClN2O. The van der Waals surface area contributed by atoms with Gasteiger partial charge in [0.1, 0.15) is 6.54 Å². The highest BCUT2D eigenvalue weighted by Gasteiger charge is 2.23. The fourth-order valence-electron chi connectivity index (χ4n) is 2.39. The van der Waals surface area contributed by atoms with Crippen molar-refractivity contribution in [2.45, 2.75) is 0 Å². The first-order valence-electron chi connectivity index (χ1n) is 6.55. The number of fused-ring (bicyclic) bond motifs is 1. The molecule has 4 heteroatoms. The molecule has 1 aliphatic heterocycles. The van der Waals surface area contributed by atoms with E-state index in [9.17, 15) is 4.79 Å². The zero-order valence-corrected chi connectivity index (χ0v) is 12.0. The Bertz CT molecular complexity index is 738. The van der Waals surface area contributed by atoms with Gasteiger partial charge in [0.2, 0.25) is 0 Å². The minimum atomic E-state index is -0.112. The van der Waals surface area contributed by atoms with Crippen LogP contribution >= 0.6 is 11.6 Å². The van der Waals surface area contributed by atoms with E-state index in [2.05, 4.69) is 11.6 Å². The number of benzene rings is 2. The predicted octanol–water partition coefficient (Wildman–Crippen LogP) is 3.67. The van der Waals surface area contributed by atoms with E-state index >= 15 is 0 Å². The summed E-state index contributed by atoms with van der Waals surface area (Å²) in [5, 5.41) is 0.607. The molecule has 0 saturated heterocycles. The molecule has 0 atom stereocenters. The molecule has 1 heterocycles. The van der Waals surface area contributed by atoms with Crippen molar-refractivity contribution in [1.82, 2.24) is 0 Å². The molecular weight excluding hydrogens is 284 g/mol. The first-order chi connectivity index (χ1) is 10.2. The third-order valence-corrected chi connectivity index (χ3v) is 3.58. The number of halogens is 1. The summed E-state index contributed by atoms with van der Waals surface area (Å²) in [7, 11) is 0. The van der Waals surface area contributed by atoms with Gasteiger partial charge in [0.05, 0.1) is 11.4 Å². The van der Waals surface area contributed by atoms with Gasteiger partial charge < -0.3 is 0 Å². The van der Waals surface area contributed by atoms with Crippen molar-refractivity contribution in [2.75, 3.05) is 11.4 Å². The van der Waals surface area contributed by atoms with Crippen LogP contribution in [0.4, 0.5) is 5.69 Å². The molecule has 21 heavy (non-hydrogen) atoms. The second kappa shape index (κ2) is 5.54. The first kappa shape index (κ1) is 13.6. The molecule has 0 fully saturated rings. The first-order valence-corrected chi connectivity index (χ1v) is 6.93. The van der Waals surface area contributed by atoms with Crippen LogP contribution < -0.4 is 4.90 Å². The summed E-state index contributed by atoms with van der Waals surface area (Å²) in [6.45, 7) is 3.80. The fourth-order valence-corrected chi connectivity index (χ4v) is 2.57. The summed E-state index contributed by atoms with van der Waals surface area (Å²) >= 11 is 6.13. The van der Waals surface area contributed by atoms with Crippen molar-refractivity contribution in [3.63, 3.8) is 0 Å². The molecule has 2 aromatic rings. The van der Waals surface area contributed by atoms with Crippen LogP contribution in [0.3, 0.4) is 0 Å². The fraction of sp³-hybridized carbons (Fsp3) is 0.0588. The third kappa shape index (κ3) is 2.48. The quantitative estimate of drug-likeness (QED) is 0.832. The second-order valence-corrected chi connectivity index (χ2v) is 5.08. The van der Waals surface area contributed by atoms with Crippen LogP contribution in [-0.4, -0.2) is 18.2 Å². The number of carbonyl (C=O) groups is 1. The van der Waals surface area contributed by atoms with Crippen molar-refractivity contribution >= 4 is 28.9 Å². The molecule has 0 unspecified atom stereocenters. The van der Waals surface area contributed by atoms with Gasteiger partial charge in [-0.2, -0.15) is 0 Å². The molecule has 0 aromatic heterocycles. The number of carbonyl (C=O) groups excluding carboxylic acids is 1. The molecule has 1 amide bonds. The van der Waals surface area contributed by atoms with Gasteiger partial charge in [-0.1, -0.05) is 48.5 Å². The molecule has 3 nitrogen and oxygen atoms in total. The van der Waals surface area contributed by atoms with Gasteiger partial charge >= 0.3 is 0 Å². The van der Waals surface area contributed by atoms with Crippen LogP contribution in [0.25, 0.3) is 0 Å². The minimum Gasteiger partial charge on any atom is -0.286 e. The van der Waals surface area contributed by atoms with E-state index in [0.29, 0.717) is 5.02 Å². The van der Waals surface area contributed by atoms with Crippen LogP contribution in [-0.2, 0) is 4.79 Å². The number of benzodiazepines with no additional fused rings is 1. The largest absolute Gasteiger partial charge is 0.286 e. The van der Waals surface area contributed by atoms with Gasteiger partial charge in [-0.05, 0) is 18.2 Å². The van der Waals surface area contributed by atoms with Crippen LogP contribution in [0.15, 0.2) is 66.3 Å². The minimum absolute atomic E-state index is 0.0859. The molecule has 1 aliphatic rings. The molecule has 0 spiro atoms. The monoisotopic (exact) mass is 296 g/mol. The SMILES string of the molecule is C=CN1C(=O)CN=C(c2ccccc2)c2cc(Cl)ccc21. The van der Waals surface area contributed by atoms with Crippen molar-refractivity contribution in [2.24, 2.45) is 4.99 Å². The predicted molar refractivity (Wildman–Crippen MR) is 86.1 cm³/mol. The Morgan fingerprint density at radius 3 is 2.67 bits per heavy atom. The Hall–Kier alpha value is -2.39. The number of hydrogen-bond donors (Lipinski definition) is 0. The van der Waals surface area contributed by atoms with E-state index in [-0.39, 0.29) is 12.5 Å². The maximum absolute atomic E-state index is 12.2.